The zero-order chi connectivity index (χ0) is 15.1. The van der Waals surface area contributed by atoms with Gasteiger partial charge in [0.2, 0.25) is 0 Å². The Morgan fingerprint density at radius 1 is 1.23 bits per heavy atom. The van der Waals surface area contributed by atoms with Crippen molar-refractivity contribution in [3.05, 3.63) is 35.4 Å². The molecule has 1 heterocycles. The van der Waals surface area contributed by atoms with Gasteiger partial charge < -0.3 is 10.6 Å². The number of thioether (sulfide) groups is 1. The summed E-state index contributed by atoms with van der Waals surface area (Å²) in [6, 6.07) is 8.96. The molecule has 0 atom stereocenters. The second-order valence-electron chi connectivity index (χ2n) is 5.84. The van der Waals surface area contributed by atoms with E-state index in [1.54, 1.807) is 0 Å². The minimum Gasteiger partial charge on any atom is -0.370 e. The predicted molar refractivity (Wildman–Crippen MR) is 110 cm³/mol. The first-order chi connectivity index (χ1) is 10.2. The quantitative estimate of drug-likeness (QED) is 0.333. The number of hydrogen-bond acceptors (Lipinski definition) is 2. The van der Waals surface area contributed by atoms with Crippen LogP contribution >= 0.6 is 35.7 Å². The third-order valence-electron chi connectivity index (χ3n) is 3.88. The number of nitrogens with zero attached hydrogens (tertiary/aromatic N) is 2. The van der Waals surface area contributed by atoms with Crippen molar-refractivity contribution in [2.45, 2.75) is 32.6 Å². The number of nitrogens with two attached hydrogens (primary N) is 1. The minimum absolute atomic E-state index is 0. The van der Waals surface area contributed by atoms with E-state index < -0.39 is 0 Å². The number of hydrogen-bond donors (Lipinski definition) is 1. The highest BCUT2D eigenvalue weighted by molar-refractivity contribution is 14.0. The molecule has 124 valence electrons. The summed E-state index contributed by atoms with van der Waals surface area (Å²) in [5.41, 5.74) is 8.85. The Kier molecular flexibility index (Phi) is 9.24. The molecule has 22 heavy (non-hydrogen) atoms. The maximum Gasteiger partial charge on any atom is 0.191 e. The van der Waals surface area contributed by atoms with Crippen molar-refractivity contribution in [1.29, 1.82) is 0 Å². The normalized spacial score (nSPS) is 15.8. The predicted octanol–water partition coefficient (Wildman–Crippen LogP) is 3.72. The lowest BCUT2D eigenvalue weighted by Crippen LogP contribution is -2.42. The van der Waals surface area contributed by atoms with E-state index in [4.69, 9.17) is 5.73 Å². The second kappa shape index (κ2) is 10.4. The van der Waals surface area contributed by atoms with E-state index in [-0.39, 0.29) is 24.0 Å². The van der Waals surface area contributed by atoms with Gasteiger partial charge in [0.15, 0.2) is 5.96 Å². The first-order valence-corrected chi connectivity index (χ1v) is 9.03. The van der Waals surface area contributed by atoms with Gasteiger partial charge >= 0.3 is 0 Å². The molecule has 0 unspecified atom stereocenters. The summed E-state index contributed by atoms with van der Waals surface area (Å²) in [5.74, 6) is 3.66. The van der Waals surface area contributed by atoms with Gasteiger partial charge in [-0.25, -0.2) is 0 Å². The van der Waals surface area contributed by atoms with E-state index in [1.165, 1.54) is 22.6 Å². The molecule has 0 bridgehead atoms. The molecule has 3 nitrogen and oxygen atoms in total. The lowest BCUT2D eigenvalue weighted by Gasteiger charge is -2.27. The summed E-state index contributed by atoms with van der Waals surface area (Å²) in [5, 5.41) is 0. The van der Waals surface area contributed by atoms with Crippen molar-refractivity contribution in [2.75, 3.05) is 31.1 Å². The van der Waals surface area contributed by atoms with Crippen LogP contribution in [0.4, 0.5) is 0 Å². The first-order valence-electron chi connectivity index (χ1n) is 7.88. The van der Waals surface area contributed by atoms with E-state index in [0.717, 1.165) is 38.4 Å². The largest absolute Gasteiger partial charge is 0.370 e. The van der Waals surface area contributed by atoms with Gasteiger partial charge in [-0.15, -0.1) is 24.0 Å². The first kappa shape index (κ1) is 19.6. The van der Waals surface area contributed by atoms with Crippen molar-refractivity contribution >= 4 is 41.7 Å². The Hall–Kier alpha value is -0.430. The number of aliphatic imine (C=N–C) groups is 1. The van der Waals surface area contributed by atoms with E-state index in [1.807, 2.05) is 11.8 Å². The van der Waals surface area contributed by atoms with Crippen LogP contribution in [-0.2, 0) is 6.42 Å². The van der Waals surface area contributed by atoms with Crippen molar-refractivity contribution in [1.82, 2.24) is 4.90 Å². The summed E-state index contributed by atoms with van der Waals surface area (Å²) < 4.78 is 0. The smallest absolute Gasteiger partial charge is 0.191 e. The maximum absolute atomic E-state index is 6.05. The molecule has 2 rings (SSSR count). The van der Waals surface area contributed by atoms with Crippen molar-refractivity contribution < 1.29 is 0 Å². The monoisotopic (exact) mass is 433 g/mol. The second-order valence-corrected chi connectivity index (χ2v) is 7.06. The van der Waals surface area contributed by atoms with E-state index in [9.17, 15) is 0 Å². The lowest BCUT2D eigenvalue weighted by molar-refractivity contribution is 0.455. The molecular formula is C17H28IN3S. The van der Waals surface area contributed by atoms with Crippen molar-refractivity contribution in [2.24, 2.45) is 10.7 Å². The summed E-state index contributed by atoms with van der Waals surface area (Å²) >= 11 is 1.99. The number of halogens is 1. The molecule has 0 aromatic heterocycles. The van der Waals surface area contributed by atoms with Crippen LogP contribution in [0, 0.1) is 0 Å². The highest BCUT2D eigenvalue weighted by Gasteiger charge is 2.11. The zero-order valence-electron chi connectivity index (χ0n) is 13.6. The molecule has 0 radical (unpaired) electrons. The highest BCUT2D eigenvalue weighted by Crippen LogP contribution is 2.15. The number of rotatable bonds is 5. The van der Waals surface area contributed by atoms with Gasteiger partial charge in [0, 0.05) is 31.1 Å². The molecule has 0 amide bonds. The Labute approximate surface area is 156 Å². The van der Waals surface area contributed by atoms with Crippen LogP contribution in [0.1, 0.15) is 37.3 Å². The molecule has 0 saturated carbocycles. The summed E-state index contributed by atoms with van der Waals surface area (Å²) in [6.07, 6.45) is 2.13. The molecule has 2 N–H and O–H groups in total. The molecule has 1 aliphatic heterocycles. The minimum atomic E-state index is 0. The highest BCUT2D eigenvalue weighted by atomic mass is 127. The Balaban J connectivity index is 0.00000242. The van der Waals surface area contributed by atoms with Crippen LogP contribution < -0.4 is 5.73 Å². The Bertz CT molecular complexity index is 453. The van der Waals surface area contributed by atoms with Crippen LogP contribution in [0.5, 0.6) is 0 Å². The lowest BCUT2D eigenvalue weighted by atomic mass is 10.0. The van der Waals surface area contributed by atoms with Gasteiger partial charge in [0.05, 0.1) is 0 Å². The SMILES string of the molecule is CC(C)c1ccc(CCCN=C(N)N2CCSCC2)cc1.I. The average Bonchev–Trinajstić information content (AvgIpc) is 2.52. The van der Waals surface area contributed by atoms with Gasteiger partial charge in [-0.1, -0.05) is 38.1 Å². The van der Waals surface area contributed by atoms with Crippen LogP contribution in [0.15, 0.2) is 29.3 Å². The van der Waals surface area contributed by atoms with Gasteiger partial charge in [0.1, 0.15) is 0 Å². The summed E-state index contributed by atoms with van der Waals surface area (Å²) in [6.45, 7) is 7.35. The van der Waals surface area contributed by atoms with Crippen LogP contribution in [0.3, 0.4) is 0 Å². The molecule has 1 saturated heterocycles. The summed E-state index contributed by atoms with van der Waals surface area (Å²) in [7, 11) is 0. The maximum atomic E-state index is 6.05. The fourth-order valence-corrected chi connectivity index (χ4v) is 3.34. The third-order valence-corrected chi connectivity index (χ3v) is 4.82. The van der Waals surface area contributed by atoms with Gasteiger partial charge in [-0.05, 0) is 29.9 Å². The van der Waals surface area contributed by atoms with E-state index >= 15 is 0 Å². The van der Waals surface area contributed by atoms with Crippen molar-refractivity contribution in [3.8, 4) is 0 Å². The fourth-order valence-electron chi connectivity index (χ4n) is 2.44. The zero-order valence-corrected chi connectivity index (χ0v) is 16.8. The van der Waals surface area contributed by atoms with Gasteiger partial charge in [0.25, 0.3) is 0 Å². The Morgan fingerprint density at radius 3 is 2.45 bits per heavy atom. The molecule has 0 spiro atoms. The standard InChI is InChI=1S/C17H27N3S.HI/c1-14(2)16-7-5-15(6-8-16)4-3-9-19-17(18)20-10-12-21-13-11-20;/h5-8,14H,3-4,9-13H2,1-2H3,(H2,18,19);1H. The molecule has 1 aromatic carbocycles. The summed E-state index contributed by atoms with van der Waals surface area (Å²) in [4.78, 5) is 6.72. The van der Waals surface area contributed by atoms with Crippen LogP contribution in [0.2, 0.25) is 0 Å². The van der Waals surface area contributed by atoms with E-state index in [2.05, 4.69) is 48.0 Å². The average molecular weight is 433 g/mol. The van der Waals surface area contributed by atoms with Crippen molar-refractivity contribution in [3.63, 3.8) is 0 Å². The topological polar surface area (TPSA) is 41.6 Å². The fraction of sp³-hybridized carbons (Fsp3) is 0.588. The number of aryl methyl sites for hydroxylation is 1. The molecule has 5 heteroatoms. The molecule has 1 aliphatic rings. The third kappa shape index (κ3) is 6.36. The number of guanidine groups is 1. The molecule has 1 aromatic rings. The van der Waals surface area contributed by atoms with Crippen LogP contribution in [-0.4, -0.2) is 42.0 Å². The van der Waals surface area contributed by atoms with Gasteiger partial charge in [-0.3, -0.25) is 4.99 Å². The Morgan fingerprint density at radius 2 is 1.86 bits per heavy atom. The molecule has 1 fully saturated rings. The van der Waals surface area contributed by atoms with Crippen LogP contribution in [0.25, 0.3) is 0 Å². The van der Waals surface area contributed by atoms with E-state index in [0.29, 0.717) is 5.92 Å². The number of benzene rings is 1. The molecular weight excluding hydrogens is 405 g/mol. The molecule has 0 aliphatic carbocycles. The van der Waals surface area contributed by atoms with Gasteiger partial charge in [-0.2, -0.15) is 11.8 Å².